The third-order valence-electron chi connectivity index (χ3n) is 3.31. The van der Waals surface area contributed by atoms with Gasteiger partial charge in [0.05, 0.1) is 13.5 Å². The Kier molecular flexibility index (Phi) is 4.90. The van der Waals surface area contributed by atoms with Crippen molar-refractivity contribution in [2.24, 2.45) is 0 Å². The lowest BCUT2D eigenvalue weighted by Crippen LogP contribution is -2.11. The van der Waals surface area contributed by atoms with Crippen LogP contribution >= 0.6 is 15.9 Å². The van der Waals surface area contributed by atoms with E-state index in [1.54, 1.807) is 31.4 Å². The Morgan fingerprint density at radius 2 is 1.83 bits per heavy atom. The molecule has 0 aliphatic carbocycles. The number of benzene rings is 2. The van der Waals surface area contributed by atoms with E-state index in [-0.39, 0.29) is 11.9 Å². The molecule has 6 nitrogen and oxygen atoms in total. The Hall–Kier alpha value is -2.67. The maximum Gasteiger partial charge on any atom is 0.322 e. The summed E-state index contributed by atoms with van der Waals surface area (Å²) in [7, 11) is 1.57. The van der Waals surface area contributed by atoms with Crippen molar-refractivity contribution in [3.8, 4) is 5.75 Å². The first-order chi connectivity index (χ1) is 11.6. The van der Waals surface area contributed by atoms with Crippen LogP contribution in [0.4, 0.5) is 6.01 Å². The van der Waals surface area contributed by atoms with Gasteiger partial charge in [-0.1, -0.05) is 33.2 Å². The average molecular weight is 388 g/mol. The van der Waals surface area contributed by atoms with Gasteiger partial charge in [0.1, 0.15) is 5.75 Å². The van der Waals surface area contributed by atoms with Crippen molar-refractivity contribution >= 4 is 27.9 Å². The van der Waals surface area contributed by atoms with Crippen molar-refractivity contribution in [3.05, 3.63) is 70.0 Å². The summed E-state index contributed by atoms with van der Waals surface area (Å²) < 4.78 is 11.5. The number of hydrogen-bond acceptors (Lipinski definition) is 5. The van der Waals surface area contributed by atoms with Crippen molar-refractivity contribution in [2.45, 2.75) is 6.42 Å². The molecule has 2 aromatic carbocycles. The Morgan fingerprint density at radius 1 is 1.12 bits per heavy atom. The molecule has 0 spiro atoms. The fourth-order valence-corrected chi connectivity index (χ4v) is 2.33. The third-order valence-corrected chi connectivity index (χ3v) is 3.84. The van der Waals surface area contributed by atoms with Crippen LogP contribution in [0.15, 0.2) is 57.4 Å². The van der Waals surface area contributed by atoms with E-state index in [4.69, 9.17) is 9.15 Å². The highest BCUT2D eigenvalue weighted by Crippen LogP contribution is 2.16. The molecular weight excluding hydrogens is 374 g/mol. The third kappa shape index (κ3) is 3.99. The van der Waals surface area contributed by atoms with Crippen LogP contribution in [0.5, 0.6) is 5.75 Å². The number of rotatable bonds is 5. The molecule has 0 radical (unpaired) electrons. The van der Waals surface area contributed by atoms with Gasteiger partial charge in [-0.2, -0.15) is 0 Å². The molecule has 0 fully saturated rings. The largest absolute Gasteiger partial charge is 0.497 e. The van der Waals surface area contributed by atoms with E-state index in [2.05, 4.69) is 31.4 Å². The summed E-state index contributed by atoms with van der Waals surface area (Å²) in [4.78, 5) is 12.1. The van der Waals surface area contributed by atoms with Crippen LogP contribution in [0.2, 0.25) is 0 Å². The quantitative estimate of drug-likeness (QED) is 0.722. The molecule has 7 heteroatoms. The maximum atomic E-state index is 12.1. The van der Waals surface area contributed by atoms with Gasteiger partial charge in [-0.25, -0.2) is 0 Å². The SMILES string of the molecule is COc1ccc(C(=O)Nc2nnc(Cc3ccc(Br)cc3)o2)cc1. The van der Waals surface area contributed by atoms with E-state index in [1.165, 1.54) is 0 Å². The predicted molar refractivity (Wildman–Crippen MR) is 92.2 cm³/mol. The zero-order valence-corrected chi connectivity index (χ0v) is 14.4. The van der Waals surface area contributed by atoms with Gasteiger partial charge >= 0.3 is 6.01 Å². The first-order valence-electron chi connectivity index (χ1n) is 7.16. The summed E-state index contributed by atoms with van der Waals surface area (Å²) in [5.41, 5.74) is 1.51. The van der Waals surface area contributed by atoms with E-state index < -0.39 is 0 Å². The number of ether oxygens (including phenoxy) is 1. The van der Waals surface area contributed by atoms with Crippen LogP contribution in [-0.2, 0) is 6.42 Å². The number of anilines is 1. The lowest BCUT2D eigenvalue weighted by Gasteiger charge is -2.02. The van der Waals surface area contributed by atoms with Crippen LogP contribution in [0.1, 0.15) is 21.8 Å². The monoisotopic (exact) mass is 387 g/mol. The second-order valence-electron chi connectivity index (χ2n) is 4.99. The number of methoxy groups -OCH3 is 1. The summed E-state index contributed by atoms with van der Waals surface area (Å²) in [6.45, 7) is 0. The van der Waals surface area contributed by atoms with Crippen LogP contribution in [0, 0.1) is 0 Å². The Balaban J connectivity index is 1.64. The fraction of sp³-hybridized carbons (Fsp3) is 0.118. The lowest BCUT2D eigenvalue weighted by atomic mass is 10.2. The van der Waals surface area contributed by atoms with Crippen molar-refractivity contribution in [1.29, 1.82) is 0 Å². The molecular formula is C17H14BrN3O3. The number of hydrogen-bond donors (Lipinski definition) is 1. The second kappa shape index (κ2) is 7.27. The molecule has 0 atom stereocenters. The minimum atomic E-state index is -0.323. The Morgan fingerprint density at radius 3 is 2.50 bits per heavy atom. The molecule has 0 bridgehead atoms. The number of carbonyl (C=O) groups is 1. The van der Waals surface area contributed by atoms with Gasteiger partial charge in [-0.3, -0.25) is 10.1 Å². The molecule has 0 aliphatic rings. The molecule has 3 rings (SSSR count). The zero-order valence-electron chi connectivity index (χ0n) is 12.8. The first-order valence-corrected chi connectivity index (χ1v) is 7.95. The van der Waals surface area contributed by atoms with Gasteiger partial charge in [0.2, 0.25) is 5.89 Å². The van der Waals surface area contributed by atoms with Gasteiger partial charge in [0.15, 0.2) is 0 Å². The van der Waals surface area contributed by atoms with E-state index in [1.807, 2.05) is 24.3 Å². The molecule has 122 valence electrons. The highest BCUT2D eigenvalue weighted by Gasteiger charge is 2.12. The summed E-state index contributed by atoms with van der Waals surface area (Å²) in [6, 6.07) is 14.6. The van der Waals surface area contributed by atoms with Gasteiger partial charge in [-0.15, -0.1) is 5.10 Å². The van der Waals surface area contributed by atoms with Gasteiger partial charge in [-0.05, 0) is 42.0 Å². The van der Waals surface area contributed by atoms with Crippen LogP contribution in [0.25, 0.3) is 0 Å². The molecule has 0 aliphatic heterocycles. The maximum absolute atomic E-state index is 12.1. The van der Waals surface area contributed by atoms with Crippen LogP contribution < -0.4 is 10.1 Å². The van der Waals surface area contributed by atoms with Crippen molar-refractivity contribution in [1.82, 2.24) is 10.2 Å². The van der Waals surface area contributed by atoms with E-state index in [9.17, 15) is 4.79 Å². The standard InChI is InChI=1S/C17H14BrN3O3/c1-23-14-8-4-12(5-9-14)16(22)19-17-21-20-15(24-17)10-11-2-6-13(18)7-3-11/h2-9H,10H2,1H3,(H,19,21,22). The summed E-state index contributed by atoms with van der Waals surface area (Å²) in [6.07, 6.45) is 0.499. The summed E-state index contributed by atoms with van der Waals surface area (Å²) >= 11 is 3.39. The molecule has 1 N–H and O–H groups in total. The summed E-state index contributed by atoms with van der Waals surface area (Å²) in [5.74, 6) is 0.792. The Labute approximate surface area is 147 Å². The molecule has 1 amide bonds. The van der Waals surface area contributed by atoms with Crippen LogP contribution in [0.3, 0.4) is 0 Å². The van der Waals surface area contributed by atoms with Gasteiger partial charge in [0.25, 0.3) is 5.91 Å². The number of halogens is 1. The number of carbonyl (C=O) groups excluding carboxylic acids is 1. The molecule has 1 aromatic heterocycles. The number of amides is 1. The molecule has 0 saturated heterocycles. The van der Waals surface area contributed by atoms with E-state index in [0.29, 0.717) is 23.6 Å². The highest BCUT2D eigenvalue weighted by molar-refractivity contribution is 9.10. The topological polar surface area (TPSA) is 77.2 Å². The smallest absolute Gasteiger partial charge is 0.322 e. The van der Waals surface area contributed by atoms with Crippen molar-refractivity contribution in [2.75, 3.05) is 12.4 Å². The normalized spacial score (nSPS) is 10.4. The summed E-state index contributed by atoms with van der Waals surface area (Å²) in [5, 5.41) is 10.4. The van der Waals surface area contributed by atoms with Crippen molar-refractivity contribution < 1.29 is 13.9 Å². The molecule has 24 heavy (non-hydrogen) atoms. The number of nitrogens with one attached hydrogen (secondary N) is 1. The number of aromatic nitrogens is 2. The van der Waals surface area contributed by atoms with E-state index in [0.717, 1.165) is 10.0 Å². The number of nitrogens with zero attached hydrogens (tertiary/aromatic N) is 2. The Bertz CT molecular complexity index is 829. The van der Waals surface area contributed by atoms with Gasteiger partial charge < -0.3 is 9.15 Å². The second-order valence-corrected chi connectivity index (χ2v) is 5.90. The minimum absolute atomic E-state index is 0.0722. The average Bonchev–Trinajstić information content (AvgIpc) is 3.04. The highest BCUT2D eigenvalue weighted by atomic mass is 79.9. The fourth-order valence-electron chi connectivity index (χ4n) is 2.06. The van der Waals surface area contributed by atoms with Crippen LogP contribution in [-0.4, -0.2) is 23.2 Å². The molecule has 1 heterocycles. The first kappa shape index (κ1) is 16.2. The van der Waals surface area contributed by atoms with E-state index >= 15 is 0 Å². The molecule has 0 unspecified atom stereocenters. The lowest BCUT2D eigenvalue weighted by molar-refractivity contribution is 0.102. The minimum Gasteiger partial charge on any atom is -0.497 e. The molecule has 0 saturated carbocycles. The molecule has 3 aromatic rings. The van der Waals surface area contributed by atoms with Gasteiger partial charge in [0, 0.05) is 10.0 Å². The van der Waals surface area contributed by atoms with Crippen molar-refractivity contribution in [3.63, 3.8) is 0 Å². The predicted octanol–water partition coefficient (Wildman–Crippen LogP) is 3.68. The zero-order chi connectivity index (χ0) is 16.9.